The Labute approximate surface area is 88.8 Å². The monoisotopic (exact) mass is 209 g/mol. The van der Waals surface area contributed by atoms with E-state index in [2.05, 4.69) is 6.07 Å². The Morgan fingerprint density at radius 1 is 1.57 bits per heavy atom. The maximum absolute atomic E-state index is 10.5. The number of rotatable bonds is 3. The smallest absolute Gasteiger partial charge is 0.108 e. The van der Waals surface area contributed by atoms with E-state index in [1.54, 1.807) is 13.8 Å². The average molecular weight is 209 g/mol. The molecule has 0 bridgehead atoms. The Bertz CT molecular complexity index is 337. The molecule has 0 saturated heterocycles. The molecule has 0 aliphatic rings. The summed E-state index contributed by atoms with van der Waals surface area (Å²) in [7, 11) is 0. The number of hydrogen-bond donors (Lipinski definition) is 1. The first-order chi connectivity index (χ1) is 6.48. The fourth-order valence-electron chi connectivity index (χ4n) is 1.60. The molecule has 1 aromatic heterocycles. The van der Waals surface area contributed by atoms with Gasteiger partial charge >= 0.3 is 0 Å². The summed E-state index contributed by atoms with van der Waals surface area (Å²) in [6, 6.07) is 4.06. The Hall–Kier alpha value is -0.850. The third-order valence-electron chi connectivity index (χ3n) is 2.82. The second-order valence-corrected chi connectivity index (χ2v) is 4.74. The molecule has 0 aliphatic carbocycles. The highest BCUT2D eigenvalue weighted by Crippen LogP contribution is 2.42. The van der Waals surface area contributed by atoms with E-state index in [9.17, 15) is 5.11 Å². The predicted molar refractivity (Wildman–Crippen MR) is 57.9 cm³/mol. The van der Waals surface area contributed by atoms with E-state index in [0.717, 1.165) is 5.56 Å². The summed E-state index contributed by atoms with van der Waals surface area (Å²) < 4.78 is 0. The number of hydrogen-bond acceptors (Lipinski definition) is 3. The average Bonchev–Trinajstić information content (AvgIpc) is 2.69. The second kappa shape index (κ2) is 3.72. The van der Waals surface area contributed by atoms with Gasteiger partial charge in [-0.25, -0.2) is 0 Å². The molecule has 1 rings (SSSR count). The molecule has 3 heteroatoms. The first kappa shape index (κ1) is 11.2. The van der Waals surface area contributed by atoms with Crippen LogP contribution in [0.3, 0.4) is 0 Å². The van der Waals surface area contributed by atoms with Crippen LogP contribution in [0.25, 0.3) is 0 Å². The molecule has 0 fully saturated rings. The zero-order chi connectivity index (χ0) is 10.8. The van der Waals surface area contributed by atoms with Gasteiger partial charge in [-0.15, -0.1) is 0 Å². The van der Waals surface area contributed by atoms with Crippen LogP contribution in [0.15, 0.2) is 16.8 Å². The van der Waals surface area contributed by atoms with Gasteiger partial charge in [0.2, 0.25) is 0 Å². The zero-order valence-corrected chi connectivity index (χ0v) is 9.56. The Morgan fingerprint density at radius 2 is 2.21 bits per heavy atom. The minimum atomic E-state index is -1.04. The molecule has 1 aromatic rings. The number of aliphatic hydroxyl groups is 1. The highest BCUT2D eigenvalue weighted by molar-refractivity contribution is 7.08. The lowest BCUT2D eigenvalue weighted by Crippen LogP contribution is -2.40. The fraction of sp³-hybridized carbons (Fsp3) is 0.545. The van der Waals surface area contributed by atoms with E-state index in [-0.39, 0.29) is 0 Å². The standard InChI is InChI=1S/C11H15NOS/c1-4-11(13,10(2,3)8-12)9-5-6-14-7-9/h5-7,13H,4H2,1-3H3. The maximum atomic E-state index is 10.5. The Kier molecular flexibility index (Phi) is 2.98. The second-order valence-electron chi connectivity index (χ2n) is 3.96. The van der Waals surface area contributed by atoms with Crippen LogP contribution in [0, 0.1) is 16.7 Å². The highest BCUT2D eigenvalue weighted by Gasteiger charge is 2.44. The topological polar surface area (TPSA) is 44.0 Å². The van der Waals surface area contributed by atoms with E-state index in [4.69, 9.17) is 5.26 Å². The van der Waals surface area contributed by atoms with Crippen molar-refractivity contribution in [2.24, 2.45) is 5.41 Å². The zero-order valence-electron chi connectivity index (χ0n) is 8.74. The summed E-state index contributed by atoms with van der Waals surface area (Å²) >= 11 is 1.54. The minimum absolute atomic E-state index is 0.546. The molecule has 1 unspecified atom stereocenters. The molecule has 0 aliphatic heterocycles. The van der Waals surface area contributed by atoms with E-state index in [0.29, 0.717) is 6.42 Å². The van der Waals surface area contributed by atoms with E-state index < -0.39 is 11.0 Å². The minimum Gasteiger partial charge on any atom is -0.383 e. The predicted octanol–water partition coefficient (Wildman–Crippen LogP) is 2.90. The van der Waals surface area contributed by atoms with Crippen LogP contribution in [-0.2, 0) is 5.60 Å². The van der Waals surface area contributed by atoms with E-state index >= 15 is 0 Å². The molecule has 1 atom stereocenters. The van der Waals surface area contributed by atoms with Gasteiger partial charge in [0.15, 0.2) is 0 Å². The molecule has 2 nitrogen and oxygen atoms in total. The van der Waals surface area contributed by atoms with Crippen LogP contribution < -0.4 is 0 Å². The molecule has 1 N–H and O–H groups in total. The molecule has 0 saturated carbocycles. The van der Waals surface area contributed by atoms with Crippen LogP contribution in [-0.4, -0.2) is 5.11 Å². The summed E-state index contributed by atoms with van der Waals surface area (Å²) in [5, 5.41) is 23.4. The first-order valence-electron chi connectivity index (χ1n) is 4.64. The van der Waals surface area contributed by atoms with Gasteiger partial charge in [-0.2, -0.15) is 16.6 Å². The lowest BCUT2D eigenvalue weighted by atomic mass is 9.71. The molecular weight excluding hydrogens is 194 g/mol. The van der Waals surface area contributed by atoms with Gasteiger partial charge < -0.3 is 5.11 Å². The van der Waals surface area contributed by atoms with E-state index in [1.807, 2.05) is 23.8 Å². The quantitative estimate of drug-likeness (QED) is 0.831. The van der Waals surface area contributed by atoms with Gasteiger partial charge in [0.25, 0.3) is 0 Å². The van der Waals surface area contributed by atoms with Crippen molar-refractivity contribution in [2.75, 3.05) is 0 Å². The Morgan fingerprint density at radius 3 is 2.57 bits per heavy atom. The lowest BCUT2D eigenvalue weighted by molar-refractivity contribution is -0.0478. The normalized spacial score (nSPS) is 15.9. The summed E-state index contributed by atoms with van der Waals surface area (Å²) in [6.07, 6.45) is 0.546. The third-order valence-corrected chi connectivity index (χ3v) is 3.51. The third kappa shape index (κ3) is 1.56. The molecule has 14 heavy (non-hydrogen) atoms. The Balaban J connectivity index is 3.19. The molecule has 1 heterocycles. The van der Waals surface area contributed by atoms with Crippen molar-refractivity contribution in [3.8, 4) is 6.07 Å². The lowest BCUT2D eigenvalue weighted by Gasteiger charge is -2.36. The van der Waals surface area contributed by atoms with Gasteiger partial charge in [0.1, 0.15) is 5.60 Å². The van der Waals surface area contributed by atoms with Crippen molar-refractivity contribution < 1.29 is 5.11 Å². The number of nitriles is 1. The number of nitrogens with zero attached hydrogens (tertiary/aromatic N) is 1. The van der Waals surface area contributed by atoms with Gasteiger partial charge in [-0.1, -0.05) is 6.92 Å². The largest absolute Gasteiger partial charge is 0.383 e. The first-order valence-corrected chi connectivity index (χ1v) is 5.58. The fourth-order valence-corrected chi connectivity index (χ4v) is 2.32. The molecule has 0 spiro atoms. The van der Waals surface area contributed by atoms with Crippen molar-refractivity contribution in [3.63, 3.8) is 0 Å². The van der Waals surface area contributed by atoms with Crippen molar-refractivity contribution in [1.29, 1.82) is 5.26 Å². The van der Waals surface area contributed by atoms with Crippen LogP contribution in [0.2, 0.25) is 0 Å². The van der Waals surface area contributed by atoms with Gasteiger partial charge in [0.05, 0.1) is 11.5 Å². The molecule has 0 aromatic carbocycles. The van der Waals surface area contributed by atoms with Crippen LogP contribution in [0.1, 0.15) is 32.8 Å². The number of thiophene rings is 1. The van der Waals surface area contributed by atoms with Crippen molar-refractivity contribution in [3.05, 3.63) is 22.4 Å². The summed E-state index contributed by atoms with van der Waals surface area (Å²) in [5.41, 5.74) is -0.957. The van der Waals surface area contributed by atoms with Gasteiger partial charge in [-0.3, -0.25) is 0 Å². The summed E-state index contributed by atoms with van der Waals surface area (Å²) in [6.45, 7) is 5.44. The van der Waals surface area contributed by atoms with Crippen LogP contribution >= 0.6 is 11.3 Å². The van der Waals surface area contributed by atoms with Crippen molar-refractivity contribution in [1.82, 2.24) is 0 Å². The molecular formula is C11H15NOS. The molecule has 0 amide bonds. The summed E-state index contributed by atoms with van der Waals surface area (Å²) in [4.78, 5) is 0. The maximum Gasteiger partial charge on any atom is 0.108 e. The van der Waals surface area contributed by atoms with E-state index in [1.165, 1.54) is 11.3 Å². The van der Waals surface area contributed by atoms with Crippen molar-refractivity contribution in [2.45, 2.75) is 32.8 Å². The van der Waals surface area contributed by atoms with Crippen LogP contribution in [0.4, 0.5) is 0 Å². The highest BCUT2D eigenvalue weighted by atomic mass is 32.1. The van der Waals surface area contributed by atoms with Crippen LogP contribution in [0.5, 0.6) is 0 Å². The summed E-state index contributed by atoms with van der Waals surface area (Å²) in [5.74, 6) is 0. The SMILES string of the molecule is CCC(O)(c1ccsc1)C(C)(C)C#N. The molecule has 76 valence electrons. The van der Waals surface area contributed by atoms with Gasteiger partial charge in [0, 0.05) is 0 Å². The van der Waals surface area contributed by atoms with Crippen molar-refractivity contribution >= 4 is 11.3 Å². The molecule has 0 radical (unpaired) electrons. The van der Waals surface area contributed by atoms with Gasteiger partial charge in [-0.05, 0) is 42.7 Å².